The predicted octanol–water partition coefficient (Wildman–Crippen LogP) is 0.828. The normalized spacial score (nSPS) is 12.5. The number of aliphatic carboxylic acids is 1. The second kappa shape index (κ2) is 7.65. The van der Waals surface area contributed by atoms with Crippen molar-refractivity contribution in [2.75, 3.05) is 26.4 Å². The molecule has 0 spiro atoms. The van der Waals surface area contributed by atoms with Crippen LogP contribution in [0.4, 0.5) is 0 Å². The Kier molecular flexibility index (Phi) is 5.60. The van der Waals surface area contributed by atoms with Gasteiger partial charge in [0, 0.05) is 6.54 Å². The van der Waals surface area contributed by atoms with Gasteiger partial charge in [0.1, 0.15) is 0 Å². The Hall–Kier alpha value is -2.28. The van der Waals surface area contributed by atoms with Crippen LogP contribution < -0.4 is 14.8 Å². The van der Waals surface area contributed by atoms with Gasteiger partial charge < -0.3 is 19.9 Å². The number of ether oxygens (including phenoxy) is 2. The molecule has 1 aromatic rings. The van der Waals surface area contributed by atoms with Crippen LogP contribution >= 0.6 is 0 Å². The van der Waals surface area contributed by atoms with Crippen molar-refractivity contribution in [3.8, 4) is 11.5 Å². The lowest BCUT2D eigenvalue weighted by Gasteiger charge is -2.18. The summed E-state index contributed by atoms with van der Waals surface area (Å²) in [6, 6.07) is 5.48. The summed E-state index contributed by atoms with van der Waals surface area (Å²) in [5.41, 5.74) is 0.901. The Morgan fingerprint density at radius 3 is 2.77 bits per heavy atom. The molecule has 1 aromatic carbocycles. The quantitative estimate of drug-likeness (QED) is 0.739. The fourth-order valence-corrected chi connectivity index (χ4v) is 2.23. The largest absolute Gasteiger partial charge is 0.480 e. The SMILES string of the molecule is CCCN(CC(=O)O)CC(=O)NCc1ccc2c(c1)OCO2. The van der Waals surface area contributed by atoms with Crippen molar-refractivity contribution in [2.45, 2.75) is 19.9 Å². The molecular weight excluding hydrogens is 288 g/mol. The van der Waals surface area contributed by atoms with Crippen molar-refractivity contribution in [3.63, 3.8) is 0 Å². The molecule has 0 atom stereocenters. The van der Waals surface area contributed by atoms with E-state index < -0.39 is 5.97 Å². The zero-order chi connectivity index (χ0) is 15.9. The lowest BCUT2D eigenvalue weighted by Crippen LogP contribution is -2.39. The van der Waals surface area contributed by atoms with Crippen LogP contribution in [0.1, 0.15) is 18.9 Å². The maximum atomic E-state index is 11.9. The van der Waals surface area contributed by atoms with Gasteiger partial charge in [-0.1, -0.05) is 13.0 Å². The molecule has 2 rings (SSSR count). The summed E-state index contributed by atoms with van der Waals surface area (Å²) >= 11 is 0. The van der Waals surface area contributed by atoms with Gasteiger partial charge in [-0.25, -0.2) is 0 Å². The molecule has 22 heavy (non-hydrogen) atoms. The molecule has 1 heterocycles. The summed E-state index contributed by atoms with van der Waals surface area (Å²) in [5, 5.41) is 11.6. The maximum absolute atomic E-state index is 11.9. The molecule has 0 radical (unpaired) electrons. The Morgan fingerprint density at radius 2 is 2.05 bits per heavy atom. The second-order valence-electron chi connectivity index (χ2n) is 5.07. The van der Waals surface area contributed by atoms with Crippen LogP contribution in [0.25, 0.3) is 0 Å². The average Bonchev–Trinajstić information content (AvgIpc) is 2.92. The Balaban J connectivity index is 1.82. The molecular formula is C15H20N2O5. The van der Waals surface area contributed by atoms with Crippen LogP contribution in [-0.4, -0.2) is 48.3 Å². The number of carbonyl (C=O) groups is 2. The van der Waals surface area contributed by atoms with Crippen LogP contribution in [0.5, 0.6) is 11.5 Å². The number of amides is 1. The Labute approximate surface area is 128 Å². The highest BCUT2D eigenvalue weighted by Crippen LogP contribution is 2.32. The van der Waals surface area contributed by atoms with E-state index in [1.807, 2.05) is 19.1 Å². The van der Waals surface area contributed by atoms with Gasteiger partial charge in [-0.2, -0.15) is 0 Å². The first-order valence-electron chi connectivity index (χ1n) is 7.18. The molecule has 0 bridgehead atoms. The Morgan fingerprint density at radius 1 is 1.27 bits per heavy atom. The lowest BCUT2D eigenvalue weighted by molar-refractivity contribution is -0.138. The molecule has 0 unspecified atom stereocenters. The van der Waals surface area contributed by atoms with Crippen molar-refractivity contribution in [1.29, 1.82) is 0 Å². The number of nitrogens with one attached hydrogen (secondary N) is 1. The third kappa shape index (κ3) is 4.63. The van der Waals surface area contributed by atoms with Gasteiger partial charge in [0.2, 0.25) is 12.7 Å². The minimum atomic E-state index is -0.933. The van der Waals surface area contributed by atoms with Gasteiger partial charge in [0.05, 0.1) is 13.1 Å². The van der Waals surface area contributed by atoms with Crippen LogP contribution in [0.2, 0.25) is 0 Å². The topological polar surface area (TPSA) is 88.1 Å². The van der Waals surface area contributed by atoms with Crippen LogP contribution in [0.15, 0.2) is 18.2 Å². The number of nitrogens with zero attached hydrogens (tertiary/aromatic N) is 1. The molecule has 0 aliphatic carbocycles. The van der Waals surface area contributed by atoms with Crippen molar-refractivity contribution < 1.29 is 24.2 Å². The summed E-state index contributed by atoms with van der Waals surface area (Å²) in [6.07, 6.45) is 0.794. The first kappa shape index (κ1) is 16.1. The summed E-state index contributed by atoms with van der Waals surface area (Å²) in [6.45, 7) is 3.04. The zero-order valence-electron chi connectivity index (χ0n) is 12.5. The van der Waals surface area contributed by atoms with Gasteiger partial charge in [-0.15, -0.1) is 0 Å². The molecule has 2 N–H and O–H groups in total. The number of carboxylic acids is 1. The first-order chi connectivity index (χ1) is 10.6. The van der Waals surface area contributed by atoms with E-state index in [1.165, 1.54) is 0 Å². The predicted molar refractivity (Wildman–Crippen MR) is 78.8 cm³/mol. The van der Waals surface area contributed by atoms with E-state index in [-0.39, 0.29) is 25.8 Å². The fourth-order valence-electron chi connectivity index (χ4n) is 2.23. The van der Waals surface area contributed by atoms with Crippen LogP contribution in [0.3, 0.4) is 0 Å². The van der Waals surface area contributed by atoms with Gasteiger partial charge >= 0.3 is 5.97 Å². The monoisotopic (exact) mass is 308 g/mol. The maximum Gasteiger partial charge on any atom is 0.317 e. The number of rotatable bonds is 8. The minimum Gasteiger partial charge on any atom is -0.480 e. The number of fused-ring (bicyclic) bond motifs is 1. The highest BCUT2D eigenvalue weighted by Gasteiger charge is 2.15. The molecule has 0 aromatic heterocycles. The highest BCUT2D eigenvalue weighted by atomic mass is 16.7. The van der Waals surface area contributed by atoms with E-state index in [4.69, 9.17) is 14.6 Å². The van der Waals surface area contributed by atoms with Gasteiger partial charge in [0.25, 0.3) is 0 Å². The summed E-state index contributed by atoms with van der Waals surface area (Å²) < 4.78 is 10.5. The molecule has 1 amide bonds. The molecule has 1 aliphatic rings. The third-order valence-corrected chi connectivity index (χ3v) is 3.19. The van der Waals surface area contributed by atoms with E-state index in [0.717, 1.165) is 12.0 Å². The molecule has 0 fully saturated rings. The minimum absolute atomic E-state index is 0.0741. The van der Waals surface area contributed by atoms with E-state index in [0.29, 0.717) is 24.6 Å². The number of benzene rings is 1. The number of carboxylic acid groups (broad SMARTS) is 1. The first-order valence-corrected chi connectivity index (χ1v) is 7.18. The van der Waals surface area contributed by atoms with Gasteiger partial charge in [-0.3, -0.25) is 14.5 Å². The van der Waals surface area contributed by atoms with Crippen LogP contribution in [-0.2, 0) is 16.1 Å². The Bertz CT molecular complexity index is 547. The van der Waals surface area contributed by atoms with Gasteiger partial charge in [-0.05, 0) is 30.7 Å². The van der Waals surface area contributed by atoms with Gasteiger partial charge in [0.15, 0.2) is 11.5 Å². The van der Waals surface area contributed by atoms with Crippen molar-refractivity contribution in [1.82, 2.24) is 10.2 Å². The van der Waals surface area contributed by atoms with Crippen LogP contribution in [0, 0.1) is 0 Å². The molecule has 7 nitrogen and oxygen atoms in total. The van der Waals surface area contributed by atoms with Crippen molar-refractivity contribution in [3.05, 3.63) is 23.8 Å². The number of hydrogen-bond acceptors (Lipinski definition) is 5. The van der Waals surface area contributed by atoms with E-state index >= 15 is 0 Å². The summed E-state index contributed by atoms with van der Waals surface area (Å²) in [5.74, 6) is 0.236. The molecule has 0 saturated heterocycles. The smallest absolute Gasteiger partial charge is 0.317 e. The number of carbonyl (C=O) groups excluding carboxylic acids is 1. The summed E-state index contributed by atoms with van der Waals surface area (Å²) in [7, 11) is 0. The summed E-state index contributed by atoms with van der Waals surface area (Å²) in [4.78, 5) is 24.3. The molecule has 7 heteroatoms. The van der Waals surface area contributed by atoms with Crippen molar-refractivity contribution >= 4 is 11.9 Å². The van der Waals surface area contributed by atoms with E-state index in [1.54, 1.807) is 11.0 Å². The average molecular weight is 308 g/mol. The fraction of sp³-hybridized carbons (Fsp3) is 0.467. The molecule has 1 aliphatic heterocycles. The van der Waals surface area contributed by atoms with E-state index in [2.05, 4.69) is 5.32 Å². The zero-order valence-corrected chi connectivity index (χ0v) is 12.5. The highest BCUT2D eigenvalue weighted by molar-refractivity contribution is 5.79. The van der Waals surface area contributed by atoms with Crippen molar-refractivity contribution in [2.24, 2.45) is 0 Å². The second-order valence-corrected chi connectivity index (χ2v) is 5.07. The standard InChI is InChI=1S/C15H20N2O5/c1-2-5-17(9-15(19)20)8-14(18)16-7-11-3-4-12-13(6-11)22-10-21-12/h3-4,6H,2,5,7-10H2,1H3,(H,16,18)(H,19,20). The number of hydrogen-bond donors (Lipinski definition) is 2. The lowest BCUT2D eigenvalue weighted by atomic mass is 10.2. The van der Waals surface area contributed by atoms with E-state index in [9.17, 15) is 9.59 Å². The third-order valence-electron chi connectivity index (χ3n) is 3.19. The molecule has 0 saturated carbocycles. The molecule has 120 valence electrons.